The number of pyridine rings is 2. The predicted octanol–water partition coefficient (Wildman–Crippen LogP) is 6.93. The molecule has 13 heteroatoms. The molecule has 3 aromatic heterocycles. The maximum absolute atomic E-state index is 14.5. The number of carbonyl (C=O) groups excluding carboxylic acids is 2. The molecule has 3 N–H and O–H groups in total. The van der Waals surface area contributed by atoms with Gasteiger partial charge in [-0.1, -0.05) is 42.8 Å². The quantitative estimate of drug-likeness (QED) is 0.135. The lowest BCUT2D eigenvalue weighted by Crippen LogP contribution is -2.30. The highest BCUT2D eigenvalue weighted by molar-refractivity contribution is 6.36. The van der Waals surface area contributed by atoms with Crippen molar-refractivity contribution >= 4 is 40.5 Å². The largest absolute Gasteiger partial charge is 0.380 e. The Labute approximate surface area is 301 Å². The number of rotatable bonds is 11. The number of anilines is 3. The topological polar surface area (TPSA) is 126 Å². The van der Waals surface area contributed by atoms with E-state index in [4.69, 9.17) is 16.3 Å². The SMILES string of the molecule is CCN1CCc2c(nc(C(=O)Nc3cccc(-c4cccc(NC(=O)c5cc(COC)c(CNc6ccnc(C)c6F)cn5)c4C)c3Cl)n2C)C1. The molecule has 264 valence electrons. The average molecular weight is 711 g/mol. The van der Waals surface area contributed by atoms with Crippen LogP contribution < -0.4 is 16.0 Å². The number of hydrogen-bond donors (Lipinski definition) is 3. The summed E-state index contributed by atoms with van der Waals surface area (Å²) in [5.74, 6) is -0.829. The van der Waals surface area contributed by atoms with Crippen molar-refractivity contribution in [1.29, 1.82) is 0 Å². The van der Waals surface area contributed by atoms with Crippen molar-refractivity contribution in [2.45, 2.75) is 46.9 Å². The lowest BCUT2D eigenvalue weighted by atomic mass is 9.98. The number of ether oxygens (including phenoxy) is 1. The average Bonchev–Trinajstić information content (AvgIpc) is 3.46. The van der Waals surface area contributed by atoms with Gasteiger partial charge >= 0.3 is 0 Å². The molecule has 5 aromatic rings. The highest BCUT2D eigenvalue weighted by Gasteiger charge is 2.25. The molecule has 1 aliphatic heterocycles. The normalized spacial score (nSPS) is 12.8. The van der Waals surface area contributed by atoms with E-state index in [2.05, 4.69) is 42.7 Å². The summed E-state index contributed by atoms with van der Waals surface area (Å²) in [6.45, 7) is 8.70. The van der Waals surface area contributed by atoms with Gasteiger partial charge in [-0.05, 0) is 66.9 Å². The Morgan fingerprint density at radius 3 is 2.49 bits per heavy atom. The van der Waals surface area contributed by atoms with Gasteiger partial charge in [0.25, 0.3) is 11.8 Å². The van der Waals surface area contributed by atoms with Gasteiger partial charge in [0, 0.05) is 69.6 Å². The monoisotopic (exact) mass is 710 g/mol. The van der Waals surface area contributed by atoms with E-state index in [0.717, 1.165) is 59.7 Å². The van der Waals surface area contributed by atoms with E-state index in [0.29, 0.717) is 39.2 Å². The molecule has 6 rings (SSSR count). The van der Waals surface area contributed by atoms with Crippen LogP contribution in [0.2, 0.25) is 5.02 Å². The van der Waals surface area contributed by atoms with Gasteiger partial charge in [-0.3, -0.25) is 24.5 Å². The number of likely N-dealkylation sites (N-methyl/N-ethyl adjacent to an activating group) is 1. The fourth-order valence-electron chi connectivity index (χ4n) is 6.29. The zero-order chi connectivity index (χ0) is 36.2. The van der Waals surface area contributed by atoms with Gasteiger partial charge < -0.3 is 25.3 Å². The standard InChI is InChI=1S/C38H40ClFN8O3/c1-6-48-16-14-33-32(20-48)44-36(47(33)4)38(50)46-29-12-8-10-27(34(29)39)26-9-7-11-28(22(26)2)45-37(49)31-17-24(21-51-5)25(19-43-31)18-42-30-13-15-41-23(3)35(30)40/h7-13,15,17,19H,6,14,16,18,20-21H2,1-5H3,(H,41,42)(H,45,49)(H,46,50). The van der Waals surface area contributed by atoms with E-state index in [9.17, 15) is 14.0 Å². The van der Waals surface area contributed by atoms with Crippen molar-refractivity contribution in [3.63, 3.8) is 0 Å². The molecular weight excluding hydrogens is 671 g/mol. The Morgan fingerprint density at radius 2 is 1.73 bits per heavy atom. The molecule has 0 saturated heterocycles. The van der Waals surface area contributed by atoms with Gasteiger partial charge in [0.1, 0.15) is 5.69 Å². The summed E-state index contributed by atoms with van der Waals surface area (Å²) in [5.41, 5.74) is 7.60. The Hall–Kier alpha value is -5.17. The van der Waals surface area contributed by atoms with Gasteiger partial charge in [0.2, 0.25) is 0 Å². The minimum Gasteiger partial charge on any atom is -0.380 e. The highest BCUT2D eigenvalue weighted by Crippen LogP contribution is 2.38. The number of fused-ring (bicyclic) bond motifs is 1. The number of nitrogens with zero attached hydrogens (tertiary/aromatic N) is 5. The molecule has 0 unspecified atom stereocenters. The van der Waals surface area contributed by atoms with Crippen LogP contribution in [0.15, 0.2) is 60.9 Å². The minimum atomic E-state index is -0.420. The maximum Gasteiger partial charge on any atom is 0.291 e. The number of imidazole rings is 1. The third-order valence-electron chi connectivity index (χ3n) is 9.25. The summed E-state index contributed by atoms with van der Waals surface area (Å²) < 4.78 is 21.7. The number of hydrogen-bond acceptors (Lipinski definition) is 8. The second kappa shape index (κ2) is 15.4. The Morgan fingerprint density at radius 1 is 0.980 bits per heavy atom. The summed E-state index contributed by atoms with van der Waals surface area (Å²) in [4.78, 5) is 42.3. The molecule has 0 bridgehead atoms. The molecule has 0 spiro atoms. The molecule has 1 aliphatic rings. The van der Waals surface area contributed by atoms with Crippen LogP contribution in [0.5, 0.6) is 0 Å². The fourth-order valence-corrected chi connectivity index (χ4v) is 6.57. The van der Waals surface area contributed by atoms with Crippen LogP contribution in [0.4, 0.5) is 21.5 Å². The van der Waals surface area contributed by atoms with Crippen molar-refractivity contribution in [1.82, 2.24) is 24.4 Å². The zero-order valence-electron chi connectivity index (χ0n) is 29.2. The first kappa shape index (κ1) is 35.6. The summed E-state index contributed by atoms with van der Waals surface area (Å²) >= 11 is 6.94. The molecular formula is C38H40ClFN8O3. The molecule has 2 aromatic carbocycles. The molecule has 51 heavy (non-hydrogen) atoms. The molecule has 0 radical (unpaired) electrons. The van der Waals surface area contributed by atoms with Crippen molar-refractivity contribution in [2.75, 3.05) is 36.1 Å². The highest BCUT2D eigenvalue weighted by atomic mass is 35.5. The van der Waals surface area contributed by atoms with Crippen LogP contribution in [0.25, 0.3) is 11.1 Å². The molecule has 2 amide bonds. The van der Waals surface area contributed by atoms with E-state index in [1.54, 1.807) is 44.5 Å². The number of benzene rings is 2. The van der Waals surface area contributed by atoms with Gasteiger partial charge in [-0.25, -0.2) is 9.37 Å². The number of aryl methyl sites for hydroxylation is 1. The number of methoxy groups -OCH3 is 1. The third-order valence-corrected chi connectivity index (χ3v) is 9.66. The van der Waals surface area contributed by atoms with Crippen LogP contribution in [0, 0.1) is 19.7 Å². The van der Waals surface area contributed by atoms with Crippen LogP contribution in [0.1, 0.15) is 61.8 Å². The number of aromatic nitrogens is 4. The van der Waals surface area contributed by atoms with Crippen molar-refractivity contribution < 1.29 is 18.7 Å². The van der Waals surface area contributed by atoms with E-state index >= 15 is 0 Å². The van der Waals surface area contributed by atoms with Crippen LogP contribution in [0.3, 0.4) is 0 Å². The summed E-state index contributed by atoms with van der Waals surface area (Å²) in [6, 6.07) is 14.2. The van der Waals surface area contributed by atoms with Crippen molar-refractivity contribution in [3.05, 3.63) is 117 Å². The van der Waals surface area contributed by atoms with Crippen LogP contribution >= 0.6 is 11.6 Å². The van der Waals surface area contributed by atoms with E-state index in [1.807, 2.05) is 42.8 Å². The van der Waals surface area contributed by atoms with Gasteiger partial charge in [-0.15, -0.1) is 0 Å². The zero-order valence-corrected chi connectivity index (χ0v) is 30.0. The summed E-state index contributed by atoms with van der Waals surface area (Å²) in [7, 11) is 3.44. The number of amides is 2. The number of nitrogens with one attached hydrogen (secondary N) is 3. The molecule has 0 saturated carbocycles. The molecule has 4 heterocycles. The van der Waals surface area contributed by atoms with Crippen LogP contribution in [-0.2, 0) is 37.9 Å². The summed E-state index contributed by atoms with van der Waals surface area (Å²) in [5, 5.41) is 9.39. The Balaban J connectivity index is 1.19. The van der Waals surface area contributed by atoms with Crippen molar-refractivity contribution in [3.8, 4) is 11.1 Å². The van der Waals surface area contributed by atoms with E-state index in [1.165, 1.54) is 6.20 Å². The molecule has 0 fully saturated rings. The van der Waals surface area contributed by atoms with Gasteiger partial charge in [0.05, 0.1) is 34.4 Å². The second-order valence-corrected chi connectivity index (χ2v) is 12.8. The minimum absolute atomic E-state index is 0.197. The summed E-state index contributed by atoms with van der Waals surface area (Å²) in [6.07, 6.45) is 3.96. The smallest absolute Gasteiger partial charge is 0.291 e. The number of carbonyl (C=O) groups is 2. The van der Waals surface area contributed by atoms with Crippen molar-refractivity contribution in [2.24, 2.45) is 7.05 Å². The van der Waals surface area contributed by atoms with Gasteiger partial charge in [0.15, 0.2) is 11.6 Å². The maximum atomic E-state index is 14.5. The van der Waals surface area contributed by atoms with Gasteiger partial charge in [-0.2, -0.15) is 0 Å². The molecule has 0 aliphatic carbocycles. The Bertz CT molecular complexity index is 2120. The van der Waals surface area contributed by atoms with Crippen LogP contribution in [-0.4, -0.2) is 56.4 Å². The van der Waals surface area contributed by atoms with E-state index in [-0.39, 0.29) is 24.8 Å². The Kier molecular flexibility index (Phi) is 10.8. The first-order valence-corrected chi connectivity index (χ1v) is 17.1. The first-order valence-electron chi connectivity index (χ1n) is 16.7. The fraction of sp³-hybridized carbons (Fsp3) is 0.289. The lowest BCUT2D eigenvalue weighted by molar-refractivity contribution is 0.100. The second-order valence-electron chi connectivity index (χ2n) is 12.4. The number of halogens is 2. The van der Waals surface area contributed by atoms with E-state index < -0.39 is 11.7 Å². The molecule has 11 nitrogen and oxygen atoms in total. The molecule has 0 atom stereocenters. The lowest BCUT2D eigenvalue weighted by Gasteiger charge is -2.24. The first-order chi connectivity index (χ1) is 24.6. The third kappa shape index (κ3) is 7.48. The predicted molar refractivity (Wildman–Crippen MR) is 197 cm³/mol.